The van der Waals surface area contributed by atoms with Crippen molar-refractivity contribution in [2.75, 3.05) is 0 Å². The van der Waals surface area contributed by atoms with Gasteiger partial charge in [-0.1, -0.05) is 13.8 Å². The zero-order valence-corrected chi connectivity index (χ0v) is 11.5. The van der Waals surface area contributed by atoms with E-state index < -0.39 is 0 Å². The topological polar surface area (TPSA) is 0 Å². The van der Waals surface area contributed by atoms with E-state index >= 15 is 0 Å². The van der Waals surface area contributed by atoms with Crippen LogP contribution in [-0.2, 0) is 0 Å². The zero-order chi connectivity index (χ0) is 9.30. The first-order valence-electron chi connectivity index (χ1n) is 3.61. The molecule has 4 heteroatoms. The lowest BCUT2D eigenvalue weighted by Gasteiger charge is -2.09. The second kappa shape index (κ2) is 4.45. The van der Waals surface area contributed by atoms with E-state index in [-0.39, 0.29) is 5.38 Å². The maximum Gasteiger partial charge on any atom is 0.0843 e. The van der Waals surface area contributed by atoms with E-state index in [1.807, 2.05) is 0 Å². The third kappa shape index (κ3) is 2.47. The maximum absolute atomic E-state index is 6.20. The standard InChI is InChI=1S/C8H9Br2ClS/c1-4(2)7(11)6-3-5(9)8(10)12-6/h3-4,7H,1-2H3. The molecule has 0 aliphatic carbocycles. The summed E-state index contributed by atoms with van der Waals surface area (Å²) in [5, 5.41) is 0.123. The van der Waals surface area contributed by atoms with Crippen LogP contribution in [0.1, 0.15) is 24.1 Å². The maximum atomic E-state index is 6.20. The van der Waals surface area contributed by atoms with Gasteiger partial charge >= 0.3 is 0 Å². The van der Waals surface area contributed by atoms with Crippen molar-refractivity contribution in [2.45, 2.75) is 19.2 Å². The van der Waals surface area contributed by atoms with Crippen molar-refractivity contribution in [3.63, 3.8) is 0 Å². The number of hydrogen-bond donors (Lipinski definition) is 0. The first-order chi connectivity index (χ1) is 5.52. The number of halogens is 3. The molecule has 0 aromatic carbocycles. The summed E-state index contributed by atoms with van der Waals surface area (Å²) in [5.41, 5.74) is 0. The lowest BCUT2D eigenvalue weighted by molar-refractivity contribution is 0.631. The Morgan fingerprint density at radius 3 is 2.33 bits per heavy atom. The van der Waals surface area contributed by atoms with E-state index in [9.17, 15) is 0 Å². The van der Waals surface area contributed by atoms with Crippen LogP contribution < -0.4 is 0 Å². The molecule has 0 saturated carbocycles. The summed E-state index contributed by atoms with van der Waals surface area (Å²) in [6.45, 7) is 4.25. The SMILES string of the molecule is CC(C)C(Cl)c1cc(Br)c(Br)s1. The monoisotopic (exact) mass is 330 g/mol. The van der Waals surface area contributed by atoms with Crippen LogP contribution in [0.3, 0.4) is 0 Å². The molecule has 1 aromatic heterocycles. The molecule has 1 aromatic rings. The van der Waals surface area contributed by atoms with Gasteiger partial charge in [-0.2, -0.15) is 0 Å². The summed E-state index contributed by atoms with van der Waals surface area (Å²) in [7, 11) is 0. The van der Waals surface area contributed by atoms with Crippen molar-refractivity contribution in [3.8, 4) is 0 Å². The predicted octanol–water partition coefficient (Wildman–Crippen LogP) is 5.21. The van der Waals surface area contributed by atoms with E-state index in [1.54, 1.807) is 11.3 Å². The van der Waals surface area contributed by atoms with Crippen LogP contribution in [0.2, 0.25) is 0 Å². The van der Waals surface area contributed by atoms with Gasteiger partial charge in [0.15, 0.2) is 0 Å². The Balaban J connectivity index is 2.89. The Bertz CT molecular complexity index is 251. The highest BCUT2D eigenvalue weighted by Gasteiger charge is 2.16. The van der Waals surface area contributed by atoms with Crippen molar-refractivity contribution in [3.05, 3.63) is 19.2 Å². The molecule has 0 saturated heterocycles. The van der Waals surface area contributed by atoms with E-state index in [0.717, 1.165) is 8.26 Å². The molecule has 1 rings (SSSR count). The van der Waals surface area contributed by atoms with Crippen molar-refractivity contribution in [1.82, 2.24) is 0 Å². The van der Waals surface area contributed by atoms with Gasteiger partial charge in [-0.15, -0.1) is 22.9 Å². The van der Waals surface area contributed by atoms with Crippen LogP contribution in [0.15, 0.2) is 14.3 Å². The largest absolute Gasteiger partial charge is 0.130 e. The van der Waals surface area contributed by atoms with Crippen LogP contribution >= 0.6 is 54.8 Å². The normalized spacial score (nSPS) is 13.8. The molecule has 0 aliphatic rings. The average Bonchev–Trinajstić information content (AvgIpc) is 2.30. The molecule has 1 heterocycles. The minimum absolute atomic E-state index is 0.123. The van der Waals surface area contributed by atoms with Gasteiger partial charge in [0.1, 0.15) is 0 Å². The second-order valence-electron chi connectivity index (χ2n) is 2.92. The Hall–Kier alpha value is 0.950. The molecule has 1 atom stereocenters. The molecule has 12 heavy (non-hydrogen) atoms. The molecule has 0 nitrogen and oxygen atoms in total. The Morgan fingerprint density at radius 2 is 2.00 bits per heavy atom. The highest BCUT2D eigenvalue weighted by atomic mass is 79.9. The van der Waals surface area contributed by atoms with E-state index in [1.165, 1.54) is 4.88 Å². The van der Waals surface area contributed by atoms with Crippen LogP contribution in [0, 0.1) is 5.92 Å². The number of thiophene rings is 1. The lowest BCUT2D eigenvalue weighted by Crippen LogP contribution is -1.95. The molecule has 0 fully saturated rings. The highest BCUT2D eigenvalue weighted by Crippen LogP contribution is 2.40. The van der Waals surface area contributed by atoms with Gasteiger partial charge in [0.05, 0.1) is 9.16 Å². The average molecular weight is 332 g/mol. The van der Waals surface area contributed by atoms with Gasteiger partial charge in [-0.25, -0.2) is 0 Å². The van der Waals surface area contributed by atoms with E-state index in [2.05, 4.69) is 51.8 Å². The first-order valence-corrected chi connectivity index (χ1v) is 6.45. The molecule has 0 spiro atoms. The molecule has 0 bridgehead atoms. The zero-order valence-electron chi connectivity index (χ0n) is 6.77. The molecule has 0 radical (unpaired) electrons. The molecular weight excluding hydrogens is 323 g/mol. The quantitative estimate of drug-likeness (QED) is 0.652. The van der Waals surface area contributed by atoms with Crippen LogP contribution in [0.4, 0.5) is 0 Å². The smallest absolute Gasteiger partial charge is 0.0843 e. The summed E-state index contributed by atoms with van der Waals surface area (Å²) >= 11 is 14.8. The minimum Gasteiger partial charge on any atom is -0.130 e. The van der Waals surface area contributed by atoms with Crippen LogP contribution in [-0.4, -0.2) is 0 Å². The highest BCUT2D eigenvalue weighted by molar-refractivity contribution is 9.13. The summed E-state index contributed by atoms with van der Waals surface area (Å²) in [6, 6.07) is 2.08. The Morgan fingerprint density at radius 1 is 1.42 bits per heavy atom. The number of rotatable bonds is 2. The van der Waals surface area contributed by atoms with Gasteiger partial charge in [-0.3, -0.25) is 0 Å². The Labute approximate surface area is 98.6 Å². The van der Waals surface area contributed by atoms with Crippen LogP contribution in [0.25, 0.3) is 0 Å². The lowest BCUT2D eigenvalue weighted by atomic mass is 10.1. The summed E-state index contributed by atoms with van der Waals surface area (Å²) in [6.07, 6.45) is 0. The van der Waals surface area contributed by atoms with Gasteiger partial charge < -0.3 is 0 Å². The van der Waals surface area contributed by atoms with Gasteiger partial charge in [-0.05, 0) is 43.8 Å². The van der Waals surface area contributed by atoms with Gasteiger partial charge in [0.25, 0.3) is 0 Å². The fourth-order valence-corrected chi connectivity index (χ4v) is 3.27. The molecule has 0 aliphatic heterocycles. The second-order valence-corrected chi connectivity index (χ2v) is 6.64. The number of hydrogen-bond acceptors (Lipinski definition) is 1. The molecular formula is C8H9Br2ClS. The molecule has 1 unspecified atom stereocenters. The van der Waals surface area contributed by atoms with Crippen LogP contribution in [0.5, 0.6) is 0 Å². The van der Waals surface area contributed by atoms with Gasteiger partial charge in [0.2, 0.25) is 0 Å². The molecule has 0 N–H and O–H groups in total. The van der Waals surface area contributed by atoms with Gasteiger partial charge in [0, 0.05) is 9.35 Å². The minimum atomic E-state index is 0.123. The van der Waals surface area contributed by atoms with Crippen molar-refractivity contribution >= 4 is 54.8 Å². The van der Waals surface area contributed by atoms with Crippen molar-refractivity contribution in [2.24, 2.45) is 5.92 Å². The third-order valence-electron chi connectivity index (χ3n) is 1.52. The first kappa shape index (κ1) is 11.0. The summed E-state index contributed by atoms with van der Waals surface area (Å²) in [5.74, 6) is 0.476. The fraction of sp³-hybridized carbons (Fsp3) is 0.500. The van der Waals surface area contributed by atoms with Crippen molar-refractivity contribution in [1.29, 1.82) is 0 Å². The molecule has 0 amide bonds. The fourth-order valence-electron chi connectivity index (χ4n) is 0.828. The predicted molar refractivity (Wildman–Crippen MR) is 63.2 cm³/mol. The van der Waals surface area contributed by atoms with Crippen molar-refractivity contribution < 1.29 is 0 Å². The Kier molecular flexibility index (Phi) is 4.09. The number of alkyl halides is 1. The third-order valence-corrected chi connectivity index (χ3v) is 5.73. The van der Waals surface area contributed by atoms with E-state index in [0.29, 0.717) is 5.92 Å². The summed E-state index contributed by atoms with van der Waals surface area (Å²) in [4.78, 5) is 1.21. The molecule has 68 valence electrons. The van der Waals surface area contributed by atoms with E-state index in [4.69, 9.17) is 11.6 Å². The summed E-state index contributed by atoms with van der Waals surface area (Å²) < 4.78 is 2.21.